The quantitative estimate of drug-likeness (QED) is 0.0219. The molecule has 0 unspecified atom stereocenters. The second kappa shape index (κ2) is 39.7. The summed E-state index contributed by atoms with van der Waals surface area (Å²) in [6.07, 6.45) is 23.5. The Labute approximate surface area is 411 Å². The molecule has 2 aliphatic heterocycles. The monoisotopic (exact) mass is 973 g/mol. The van der Waals surface area contributed by atoms with E-state index in [2.05, 4.69) is 20.8 Å². The highest BCUT2D eigenvalue weighted by atomic mass is 16.8. The van der Waals surface area contributed by atoms with Gasteiger partial charge in [0.25, 0.3) is 0 Å². The molecule has 0 saturated carbocycles. The molecule has 0 radical (unpaired) electrons. The SMILES string of the molecule is CCCCCCCCCCCCCC(=O)O[C@H]1[C@@H](O[C@]2(CO)O[C@H](CO)[C@@H](O)[C@@H]2OC(=O)CCCCCCCCCCCCC)O[C@H](CO)[C@@H](O)[C@@H]1OC(=O)CCCCCCCCCCCCC. The second-order valence-electron chi connectivity index (χ2n) is 19.8. The first-order chi connectivity index (χ1) is 33.1. The van der Waals surface area contributed by atoms with Crippen molar-refractivity contribution >= 4 is 17.9 Å². The van der Waals surface area contributed by atoms with E-state index in [4.69, 9.17) is 28.4 Å². The van der Waals surface area contributed by atoms with Gasteiger partial charge in [-0.1, -0.05) is 213 Å². The molecular weight excluding hydrogens is 873 g/mol. The summed E-state index contributed by atoms with van der Waals surface area (Å²) in [5.74, 6) is -4.34. The van der Waals surface area contributed by atoms with E-state index in [9.17, 15) is 39.9 Å². The predicted molar refractivity (Wildman–Crippen MR) is 263 cm³/mol. The summed E-state index contributed by atoms with van der Waals surface area (Å²) in [6, 6.07) is 0. The van der Waals surface area contributed by atoms with Crippen LogP contribution in [0.5, 0.6) is 0 Å². The van der Waals surface area contributed by atoms with Gasteiger partial charge in [-0.2, -0.15) is 0 Å². The lowest BCUT2D eigenvalue weighted by molar-refractivity contribution is -0.384. The molecule has 14 heteroatoms. The van der Waals surface area contributed by atoms with Gasteiger partial charge in [0, 0.05) is 19.3 Å². The van der Waals surface area contributed by atoms with Crippen molar-refractivity contribution in [1.82, 2.24) is 0 Å². The summed E-state index contributed by atoms with van der Waals surface area (Å²) in [5.41, 5.74) is 0. The van der Waals surface area contributed by atoms with Crippen molar-refractivity contribution in [2.45, 2.75) is 307 Å². The van der Waals surface area contributed by atoms with Gasteiger partial charge >= 0.3 is 17.9 Å². The number of unbranched alkanes of at least 4 members (excludes halogenated alkanes) is 30. The average molecular weight is 973 g/mol. The maximum absolute atomic E-state index is 13.6. The highest BCUT2D eigenvalue weighted by Crippen LogP contribution is 2.39. The molecule has 2 fully saturated rings. The third-order valence-corrected chi connectivity index (χ3v) is 13.7. The zero-order chi connectivity index (χ0) is 49.7. The zero-order valence-corrected chi connectivity index (χ0v) is 43.1. The van der Waals surface area contributed by atoms with Gasteiger partial charge in [-0.15, -0.1) is 0 Å². The number of ether oxygens (including phenoxy) is 6. The van der Waals surface area contributed by atoms with E-state index in [-0.39, 0.29) is 19.3 Å². The van der Waals surface area contributed by atoms with Gasteiger partial charge in [0.1, 0.15) is 31.0 Å². The third-order valence-electron chi connectivity index (χ3n) is 13.7. The van der Waals surface area contributed by atoms with Crippen LogP contribution in [-0.2, 0) is 42.8 Å². The Morgan fingerprint density at radius 3 is 1.09 bits per heavy atom. The molecule has 0 bridgehead atoms. The van der Waals surface area contributed by atoms with E-state index in [1.54, 1.807) is 0 Å². The van der Waals surface area contributed by atoms with Crippen molar-refractivity contribution in [3.8, 4) is 0 Å². The number of hydrogen-bond acceptors (Lipinski definition) is 14. The van der Waals surface area contributed by atoms with E-state index in [1.165, 1.54) is 116 Å². The number of rotatable bonds is 44. The van der Waals surface area contributed by atoms with Crippen molar-refractivity contribution in [2.24, 2.45) is 0 Å². The van der Waals surface area contributed by atoms with Crippen molar-refractivity contribution < 1.29 is 68.3 Å². The molecular formula is C54H100O14. The molecule has 2 aliphatic rings. The van der Waals surface area contributed by atoms with E-state index in [1.807, 2.05) is 0 Å². The molecule has 0 amide bonds. The minimum atomic E-state index is -2.35. The molecule has 2 rings (SSSR count). The number of esters is 3. The second-order valence-corrected chi connectivity index (χ2v) is 19.8. The normalized spacial score (nSPS) is 24.9. The lowest BCUT2D eigenvalue weighted by Crippen LogP contribution is -2.64. The average Bonchev–Trinajstić information content (AvgIpc) is 3.59. The van der Waals surface area contributed by atoms with Crippen LogP contribution in [0.4, 0.5) is 0 Å². The highest BCUT2D eigenvalue weighted by Gasteiger charge is 2.62. The summed E-state index contributed by atoms with van der Waals surface area (Å²) >= 11 is 0. The number of hydrogen-bond donors (Lipinski definition) is 5. The van der Waals surface area contributed by atoms with Crippen LogP contribution in [-0.4, -0.2) is 118 Å². The minimum Gasteiger partial charge on any atom is -0.455 e. The van der Waals surface area contributed by atoms with Gasteiger partial charge in [-0.3, -0.25) is 14.4 Å². The van der Waals surface area contributed by atoms with Crippen LogP contribution < -0.4 is 0 Å². The van der Waals surface area contributed by atoms with Crippen LogP contribution in [0.25, 0.3) is 0 Å². The van der Waals surface area contributed by atoms with Crippen molar-refractivity contribution in [3.05, 3.63) is 0 Å². The Hall–Kier alpha value is -1.91. The molecule has 0 aromatic rings. The Morgan fingerprint density at radius 2 is 0.750 bits per heavy atom. The fourth-order valence-corrected chi connectivity index (χ4v) is 9.43. The lowest BCUT2D eigenvalue weighted by atomic mass is 9.97. The van der Waals surface area contributed by atoms with E-state index in [0.29, 0.717) is 19.3 Å². The van der Waals surface area contributed by atoms with Crippen molar-refractivity contribution in [2.75, 3.05) is 19.8 Å². The first-order valence-electron chi connectivity index (χ1n) is 27.9. The fraction of sp³-hybridized carbons (Fsp3) is 0.944. The number of carbonyl (C=O) groups is 3. The predicted octanol–water partition coefficient (Wildman–Crippen LogP) is 10.4. The molecule has 68 heavy (non-hydrogen) atoms. The molecule has 2 saturated heterocycles. The Balaban J connectivity index is 2.14. The Bertz CT molecular complexity index is 1250. The molecule has 9 atom stereocenters. The smallest absolute Gasteiger partial charge is 0.306 e. The van der Waals surface area contributed by atoms with E-state index in [0.717, 1.165) is 77.0 Å². The number of carbonyl (C=O) groups excluding carboxylic acids is 3. The number of aliphatic hydroxyl groups is 5. The first kappa shape index (κ1) is 62.2. The van der Waals surface area contributed by atoms with Crippen molar-refractivity contribution in [1.29, 1.82) is 0 Å². The largest absolute Gasteiger partial charge is 0.455 e. The van der Waals surface area contributed by atoms with E-state index >= 15 is 0 Å². The summed E-state index contributed by atoms with van der Waals surface area (Å²) in [6.45, 7) is 4.15. The van der Waals surface area contributed by atoms with Crippen LogP contribution >= 0.6 is 0 Å². The molecule has 0 aromatic carbocycles. The van der Waals surface area contributed by atoms with Crippen molar-refractivity contribution in [3.63, 3.8) is 0 Å². The molecule has 400 valence electrons. The third kappa shape index (κ3) is 25.5. The number of aliphatic hydroxyl groups excluding tert-OH is 5. The van der Waals surface area contributed by atoms with Gasteiger partial charge in [-0.25, -0.2) is 0 Å². The maximum Gasteiger partial charge on any atom is 0.306 e. The van der Waals surface area contributed by atoms with Gasteiger partial charge in [-0.05, 0) is 19.3 Å². The highest BCUT2D eigenvalue weighted by molar-refractivity contribution is 5.71. The lowest BCUT2D eigenvalue weighted by Gasteiger charge is -2.45. The first-order valence-corrected chi connectivity index (χ1v) is 27.9. The summed E-state index contributed by atoms with van der Waals surface area (Å²) in [7, 11) is 0. The maximum atomic E-state index is 13.6. The molecule has 0 spiro atoms. The molecule has 5 N–H and O–H groups in total. The Kier molecular flexibility index (Phi) is 36.3. The van der Waals surface area contributed by atoms with Crippen LogP contribution in [0.15, 0.2) is 0 Å². The summed E-state index contributed by atoms with van der Waals surface area (Å²) in [4.78, 5) is 40.2. The molecule has 2 heterocycles. The van der Waals surface area contributed by atoms with Gasteiger partial charge in [0.2, 0.25) is 12.1 Å². The van der Waals surface area contributed by atoms with Crippen LogP contribution in [0.1, 0.15) is 252 Å². The topological polar surface area (TPSA) is 208 Å². The van der Waals surface area contributed by atoms with Gasteiger partial charge in [0.15, 0.2) is 18.3 Å². The zero-order valence-electron chi connectivity index (χ0n) is 43.1. The van der Waals surface area contributed by atoms with Crippen LogP contribution in [0, 0.1) is 0 Å². The van der Waals surface area contributed by atoms with Crippen LogP contribution in [0.2, 0.25) is 0 Å². The van der Waals surface area contributed by atoms with Gasteiger partial charge < -0.3 is 54.0 Å². The molecule has 0 aliphatic carbocycles. The summed E-state index contributed by atoms with van der Waals surface area (Å²) in [5, 5.41) is 54.2. The van der Waals surface area contributed by atoms with Gasteiger partial charge in [0.05, 0.1) is 13.2 Å². The molecule has 0 aromatic heterocycles. The minimum absolute atomic E-state index is 0.0192. The van der Waals surface area contributed by atoms with Crippen LogP contribution in [0.3, 0.4) is 0 Å². The summed E-state index contributed by atoms with van der Waals surface area (Å²) < 4.78 is 35.7. The standard InChI is InChI=1S/C54H100O14/c1-4-7-10-13-16-19-22-25-28-31-34-37-45(58)64-50-48(61)43(40-55)63-53(51(50)65-46(59)38-35-32-29-26-23-20-17-14-11-8-5-2)68-54(42-57)52(49(62)44(41-56)67-54)66-47(60)39-36-33-30-27-24-21-18-15-12-9-6-3/h43-44,48-53,55-57,61-62H,4-42H2,1-3H3/t43-,44-,48-,49-,50+,51-,52+,53-,54+/m1/s1. The molecule has 14 nitrogen and oxygen atoms in total. The fourth-order valence-electron chi connectivity index (χ4n) is 9.43. The van der Waals surface area contributed by atoms with E-state index < -0.39 is 92.5 Å². The Morgan fingerprint density at radius 1 is 0.426 bits per heavy atom.